The molecule has 0 aliphatic heterocycles. The minimum atomic E-state index is -0.156. The Morgan fingerprint density at radius 3 is 2.78 bits per heavy atom. The van der Waals surface area contributed by atoms with E-state index in [-0.39, 0.29) is 17.5 Å². The summed E-state index contributed by atoms with van der Waals surface area (Å²) in [4.78, 5) is 25.7. The molecular weight excluding hydrogens is 312 g/mol. The number of carbonyl (C=O) groups excluding carboxylic acids is 1. The molecule has 0 atom stereocenters. The Morgan fingerprint density at radius 1 is 1.35 bits per heavy atom. The number of aromatic nitrogens is 1. The summed E-state index contributed by atoms with van der Waals surface area (Å²) in [6, 6.07) is 7.97. The van der Waals surface area contributed by atoms with Crippen LogP contribution in [0.5, 0.6) is 5.75 Å². The summed E-state index contributed by atoms with van der Waals surface area (Å²) in [6.07, 6.45) is 2.04. The van der Waals surface area contributed by atoms with Crippen molar-refractivity contribution >= 4 is 38.2 Å². The van der Waals surface area contributed by atoms with Crippen molar-refractivity contribution in [1.82, 2.24) is 9.88 Å². The van der Waals surface area contributed by atoms with Crippen LogP contribution < -0.4 is 15.6 Å². The van der Waals surface area contributed by atoms with Crippen LogP contribution in [0.25, 0.3) is 21.0 Å². The number of fused-ring (bicyclic) bond motifs is 3. The number of ether oxygens (including phenoxy) is 1. The summed E-state index contributed by atoms with van der Waals surface area (Å²) in [5.74, 6) is 0.228. The highest BCUT2D eigenvalue weighted by atomic mass is 32.1. The number of methoxy groups -OCH3 is 1. The molecule has 6 heteroatoms. The molecule has 5 nitrogen and oxygen atoms in total. The van der Waals surface area contributed by atoms with Gasteiger partial charge >= 0.3 is 0 Å². The van der Waals surface area contributed by atoms with Gasteiger partial charge in [0.1, 0.15) is 10.3 Å². The van der Waals surface area contributed by atoms with Crippen LogP contribution in [0, 0.1) is 0 Å². The molecule has 0 bridgehead atoms. The lowest BCUT2D eigenvalue weighted by Gasteiger charge is -2.07. The first-order chi connectivity index (χ1) is 11.1. The number of rotatable bonds is 3. The summed E-state index contributed by atoms with van der Waals surface area (Å²) < 4.78 is 7.86. The largest absolute Gasteiger partial charge is 0.494 e. The molecule has 118 valence electrons. The lowest BCUT2D eigenvalue weighted by Crippen LogP contribution is -2.25. The van der Waals surface area contributed by atoms with Crippen LogP contribution in [0.1, 0.15) is 22.5 Å². The zero-order chi connectivity index (χ0) is 16.1. The summed E-state index contributed by atoms with van der Waals surface area (Å²) in [5, 5.41) is 4.41. The lowest BCUT2D eigenvalue weighted by molar-refractivity contribution is 0.0952. The number of aryl methyl sites for hydroxylation is 1. The topological polar surface area (TPSA) is 60.3 Å². The van der Waals surface area contributed by atoms with Gasteiger partial charge in [-0.3, -0.25) is 9.59 Å². The third kappa shape index (κ3) is 2.13. The van der Waals surface area contributed by atoms with Gasteiger partial charge in [-0.2, -0.15) is 0 Å². The van der Waals surface area contributed by atoms with Crippen LogP contribution in [-0.4, -0.2) is 23.6 Å². The highest BCUT2D eigenvalue weighted by molar-refractivity contribution is 7.22. The number of thiophene rings is 1. The molecule has 1 aliphatic rings. The summed E-state index contributed by atoms with van der Waals surface area (Å²) in [7, 11) is 3.25. The van der Waals surface area contributed by atoms with Gasteiger partial charge in [-0.05, 0) is 18.9 Å². The standard InChI is InChI=1S/C17H16N2O3S/c1-19-11-6-4-3-5-10(11)14-12(17(19)21)13(22-2)15(23-14)16(20)18-9-7-8-9/h3-6,9H,7-8H2,1-2H3,(H,18,20). The van der Waals surface area contributed by atoms with E-state index in [1.54, 1.807) is 11.6 Å². The number of benzene rings is 1. The minimum Gasteiger partial charge on any atom is -0.494 e. The van der Waals surface area contributed by atoms with E-state index in [1.807, 2.05) is 24.3 Å². The smallest absolute Gasteiger partial charge is 0.265 e. The molecule has 1 amide bonds. The highest BCUT2D eigenvalue weighted by Crippen LogP contribution is 2.39. The van der Waals surface area contributed by atoms with Crippen LogP contribution >= 0.6 is 11.3 Å². The van der Waals surface area contributed by atoms with E-state index in [1.165, 1.54) is 18.4 Å². The van der Waals surface area contributed by atoms with E-state index >= 15 is 0 Å². The molecule has 0 unspecified atom stereocenters. The van der Waals surface area contributed by atoms with Crippen LogP contribution in [0.15, 0.2) is 29.1 Å². The summed E-state index contributed by atoms with van der Waals surface area (Å²) >= 11 is 1.33. The fourth-order valence-corrected chi connectivity index (χ4v) is 4.06. The first-order valence-corrected chi connectivity index (χ1v) is 8.32. The van der Waals surface area contributed by atoms with Crippen LogP contribution in [-0.2, 0) is 7.05 Å². The molecule has 0 spiro atoms. The number of nitrogens with zero attached hydrogens (tertiary/aromatic N) is 1. The van der Waals surface area contributed by atoms with Crippen molar-refractivity contribution in [2.45, 2.75) is 18.9 Å². The van der Waals surface area contributed by atoms with E-state index in [2.05, 4.69) is 5.32 Å². The van der Waals surface area contributed by atoms with Gasteiger partial charge in [0.15, 0.2) is 5.75 Å². The molecule has 1 fully saturated rings. The van der Waals surface area contributed by atoms with Gasteiger partial charge in [-0.25, -0.2) is 0 Å². The number of amides is 1. The maximum atomic E-state index is 12.8. The predicted octanol–water partition coefficient (Wildman–Crippen LogP) is 2.65. The van der Waals surface area contributed by atoms with Crippen molar-refractivity contribution in [3.63, 3.8) is 0 Å². The predicted molar refractivity (Wildman–Crippen MR) is 91.6 cm³/mol. The molecule has 1 aromatic carbocycles. The highest BCUT2D eigenvalue weighted by Gasteiger charge is 2.28. The molecular formula is C17H16N2O3S. The Kier molecular flexibility index (Phi) is 3.16. The van der Waals surface area contributed by atoms with E-state index in [4.69, 9.17) is 4.74 Å². The van der Waals surface area contributed by atoms with Crippen molar-refractivity contribution in [2.24, 2.45) is 7.05 Å². The molecule has 4 rings (SSSR count). The lowest BCUT2D eigenvalue weighted by atomic mass is 10.1. The quantitative estimate of drug-likeness (QED) is 0.804. The summed E-state index contributed by atoms with van der Waals surface area (Å²) in [5.41, 5.74) is 0.709. The Labute approximate surface area is 136 Å². The molecule has 3 aromatic rings. The van der Waals surface area contributed by atoms with E-state index < -0.39 is 0 Å². The molecule has 0 radical (unpaired) electrons. The first kappa shape index (κ1) is 14.3. The molecule has 2 heterocycles. The number of nitrogens with one attached hydrogen (secondary N) is 1. The SMILES string of the molecule is COc1c(C(=O)NC2CC2)sc2c1c(=O)n(C)c1ccccc21. The zero-order valence-corrected chi connectivity index (χ0v) is 13.7. The van der Waals surface area contributed by atoms with Crippen molar-refractivity contribution in [3.8, 4) is 5.75 Å². The molecule has 1 saturated carbocycles. The van der Waals surface area contributed by atoms with Crippen LogP contribution in [0.3, 0.4) is 0 Å². The van der Waals surface area contributed by atoms with Gasteiger partial charge in [0.25, 0.3) is 11.5 Å². The number of para-hydroxylation sites is 1. The molecule has 1 N–H and O–H groups in total. The number of hydrogen-bond donors (Lipinski definition) is 1. The number of pyridine rings is 1. The Balaban J connectivity index is 2.06. The number of carbonyl (C=O) groups is 1. The van der Waals surface area contributed by atoms with Gasteiger partial charge in [0, 0.05) is 18.5 Å². The maximum absolute atomic E-state index is 12.8. The average molecular weight is 328 g/mol. The third-order valence-corrected chi connectivity index (χ3v) is 5.42. The van der Waals surface area contributed by atoms with Gasteiger partial charge in [0.05, 0.1) is 17.3 Å². The van der Waals surface area contributed by atoms with Gasteiger partial charge in [-0.15, -0.1) is 11.3 Å². The Hall–Kier alpha value is -2.34. The van der Waals surface area contributed by atoms with Crippen molar-refractivity contribution in [3.05, 3.63) is 39.5 Å². The summed E-state index contributed by atoms with van der Waals surface area (Å²) in [6.45, 7) is 0. The monoisotopic (exact) mass is 328 g/mol. The van der Waals surface area contributed by atoms with Crippen molar-refractivity contribution in [2.75, 3.05) is 7.11 Å². The molecule has 0 saturated heterocycles. The normalized spacial score (nSPS) is 14.3. The van der Waals surface area contributed by atoms with Gasteiger partial charge in [0.2, 0.25) is 0 Å². The fourth-order valence-electron chi connectivity index (χ4n) is 2.86. The second-order valence-corrected chi connectivity index (χ2v) is 6.82. The van der Waals surface area contributed by atoms with E-state index in [0.717, 1.165) is 28.4 Å². The van der Waals surface area contributed by atoms with E-state index in [0.29, 0.717) is 16.0 Å². The molecule has 23 heavy (non-hydrogen) atoms. The van der Waals surface area contributed by atoms with Crippen LogP contribution in [0.4, 0.5) is 0 Å². The number of hydrogen-bond acceptors (Lipinski definition) is 4. The Morgan fingerprint density at radius 2 is 2.09 bits per heavy atom. The van der Waals surface area contributed by atoms with Crippen molar-refractivity contribution < 1.29 is 9.53 Å². The van der Waals surface area contributed by atoms with Crippen molar-refractivity contribution in [1.29, 1.82) is 0 Å². The van der Waals surface area contributed by atoms with E-state index in [9.17, 15) is 9.59 Å². The van der Waals surface area contributed by atoms with Crippen LogP contribution in [0.2, 0.25) is 0 Å². The molecule has 2 aromatic heterocycles. The van der Waals surface area contributed by atoms with Gasteiger partial charge in [-0.1, -0.05) is 18.2 Å². The molecule has 1 aliphatic carbocycles. The average Bonchev–Trinajstić information content (AvgIpc) is 3.28. The third-order valence-electron chi connectivity index (χ3n) is 4.22. The maximum Gasteiger partial charge on any atom is 0.265 e. The Bertz CT molecular complexity index is 998. The zero-order valence-electron chi connectivity index (χ0n) is 12.9. The minimum absolute atomic E-state index is 0.141. The van der Waals surface area contributed by atoms with Gasteiger partial charge < -0.3 is 14.6 Å². The second-order valence-electron chi connectivity index (χ2n) is 5.80. The second kappa shape index (κ2) is 5.09. The first-order valence-electron chi connectivity index (χ1n) is 7.51. The fraction of sp³-hybridized carbons (Fsp3) is 0.294.